The lowest BCUT2D eigenvalue weighted by Gasteiger charge is -2.06. The van der Waals surface area contributed by atoms with Crippen LogP contribution in [0.4, 0.5) is 0 Å². The van der Waals surface area contributed by atoms with Gasteiger partial charge in [0, 0.05) is 13.0 Å². The molecular weight excluding hydrogens is 281 g/mol. The van der Waals surface area contributed by atoms with E-state index in [-0.39, 0.29) is 16.5 Å². The molecule has 0 spiro atoms. The fourth-order valence-corrected chi connectivity index (χ4v) is 2.52. The zero-order valence-electron chi connectivity index (χ0n) is 9.13. The summed E-state index contributed by atoms with van der Waals surface area (Å²) in [5, 5.41) is 0.533. The van der Waals surface area contributed by atoms with Crippen LogP contribution in [0.25, 0.3) is 0 Å². The quantitative estimate of drug-likeness (QED) is 0.685. The van der Waals surface area contributed by atoms with Crippen molar-refractivity contribution in [3.63, 3.8) is 0 Å². The van der Waals surface area contributed by atoms with Gasteiger partial charge in [-0.2, -0.15) is 0 Å². The van der Waals surface area contributed by atoms with Crippen molar-refractivity contribution in [2.24, 2.45) is 0 Å². The molecule has 0 bridgehead atoms. The second kappa shape index (κ2) is 6.27. The molecule has 0 aliphatic heterocycles. The first kappa shape index (κ1) is 14.3. The summed E-state index contributed by atoms with van der Waals surface area (Å²) in [6, 6.07) is 4.17. The van der Waals surface area contributed by atoms with Crippen molar-refractivity contribution < 1.29 is 8.42 Å². The molecule has 0 unspecified atom stereocenters. The normalized spacial score (nSPS) is 10.8. The molecule has 0 saturated heterocycles. The molecule has 1 rings (SSSR count). The van der Waals surface area contributed by atoms with Crippen LogP contribution < -0.4 is 4.72 Å². The van der Waals surface area contributed by atoms with Gasteiger partial charge in [-0.15, -0.1) is 11.8 Å². The first-order valence-electron chi connectivity index (χ1n) is 4.81. The maximum absolute atomic E-state index is 11.8. The summed E-state index contributed by atoms with van der Waals surface area (Å²) in [6.45, 7) is 1.97. The van der Waals surface area contributed by atoms with Crippen LogP contribution in [0.15, 0.2) is 23.1 Å². The maximum Gasteiger partial charge on any atom is 0.240 e. The molecule has 0 aliphatic carbocycles. The molecule has 0 amide bonds. The number of halogens is 2. The lowest BCUT2D eigenvalue weighted by atomic mass is 10.4. The third-order valence-electron chi connectivity index (χ3n) is 1.92. The van der Waals surface area contributed by atoms with Crippen LogP contribution in [0, 0.1) is 11.8 Å². The number of benzene rings is 1. The van der Waals surface area contributed by atoms with E-state index in [9.17, 15) is 8.42 Å². The third kappa shape index (κ3) is 4.21. The Morgan fingerprint density at radius 3 is 2.59 bits per heavy atom. The van der Waals surface area contributed by atoms with Gasteiger partial charge in [-0.1, -0.05) is 23.2 Å². The Morgan fingerprint density at radius 2 is 2.00 bits per heavy atom. The fraction of sp³-hybridized carbons (Fsp3) is 0.273. The fourth-order valence-electron chi connectivity index (χ4n) is 1.10. The Kier molecular flexibility index (Phi) is 5.29. The summed E-state index contributed by atoms with van der Waals surface area (Å²) in [5.74, 6) is 5.46. The molecule has 0 heterocycles. The summed E-state index contributed by atoms with van der Waals surface area (Å²) in [7, 11) is -3.54. The Labute approximate surface area is 111 Å². The van der Waals surface area contributed by atoms with Crippen LogP contribution in [0.3, 0.4) is 0 Å². The highest BCUT2D eigenvalue weighted by molar-refractivity contribution is 7.89. The minimum Gasteiger partial charge on any atom is -0.210 e. The summed E-state index contributed by atoms with van der Waals surface area (Å²) in [6.07, 6.45) is 0.469. The van der Waals surface area contributed by atoms with E-state index >= 15 is 0 Å². The van der Waals surface area contributed by atoms with Gasteiger partial charge in [0.1, 0.15) is 0 Å². The SMILES string of the molecule is CC#CCCNS(=O)(=O)c1ccc(Cl)c(Cl)c1. The van der Waals surface area contributed by atoms with E-state index in [1.807, 2.05) is 0 Å². The van der Waals surface area contributed by atoms with Gasteiger partial charge < -0.3 is 0 Å². The molecule has 92 valence electrons. The molecule has 1 aromatic carbocycles. The van der Waals surface area contributed by atoms with Gasteiger partial charge in [-0.05, 0) is 25.1 Å². The van der Waals surface area contributed by atoms with E-state index < -0.39 is 10.0 Å². The van der Waals surface area contributed by atoms with Crippen LogP contribution in [-0.2, 0) is 10.0 Å². The van der Waals surface area contributed by atoms with Crippen molar-refractivity contribution in [2.75, 3.05) is 6.54 Å². The van der Waals surface area contributed by atoms with Gasteiger partial charge in [-0.3, -0.25) is 0 Å². The minimum absolute atomic E-state index is 0.0938. The molecule has 0 aliphatic rings. The van der Waals surface area contributed by atoms with Gasteiger partial charge in [0.25, 0.3) is 0 Å². The topological polar surface area (TPSA) is 46.2 Å². The van der Waals surface area contributed by atoms with Gasteiger partial charge >= 0.3 is 0 Å². The van der Waals surface area contributed by atoms with Crippen LogP contribution in [-0.4, -0.2) is 15.0 Å². The number of hydrogen-bond donors (Lipinski definition) is 1. The summed E-state index contributed by atoms with van der Waals surface area (Å²) in [5.41, 5.74) is 0. The van der Waals surface area contributed by atoms with Crippen LogP contribution in [0.1, 0.15) is 13.3 Å². The molecule has 0 atom stereocenters. The largest absolute Gasteiger partial charge is 0.240 e. The highest BCUT2D eigenvalue weighted by atomic mass is 35.5. The van der Waals surface area contributed by atoms with E-state index in [0.717, 1.165) is 0 Å². The predicted molar refractivity (Wildman–Crippen MR) is 69.7 cm³/mol. The second-order valence-corrected chi connectivity index (χ2v) is 5.73. The van der Waals surface area contributed by atoms with Gasteiger partial charge in [0.2, 0.25) is 10.0 Å². The van der Waals surface area contributed by atoms with Crippen molar-refractivity contribution in [1.82, 2.24) is 4.72 Å². The number of hydrogen-bond acceptors (Lipinski definition) is 2. The smallest absolute Gasteiger partial charge is 0.210 e. The van der Waals surface area contributed by atoms with E-state index in [1.165, 1.54) is 18.2 Å². The van der Waals surface area contributed by atoms with E-state index in [4.69, 9.17) is 23.2 Å². The Balaban J connectivity index is 2.81. The molecule has 0 radical (unpaired) electrons. The van der Waals surface area contributed by atoms with Gasteiger partial charge in [-0.25, -0.2) is 13.1 Å². The Hall–Kier alpha value is -0.730. The standard InChI is InChI=1S/C11H11Cl2NO2S/c1-2-3-4-7-14-17(15,16)9-5-6-10(12)11(13)8-9/h5-6,8,14H,4,7H2,1H3. The number of rotatable bonds is 4. The Morgan fingerprint density at radius 1 is 1.29 bits per heavy atom. The lowest BCUT2D eigenvalue weighted by Crippen LogP contribution is -2.24. The summed E-state index contributed by atoms with van der Waals surface area (Å²) in [4.78, 5) is 0.0938. The molecule has 1 aromatic rings. The zero-order chi connectivity index (χ0) is 12.9. The Bertz CT molecular complexity index is 559. The maximum atomic E-state index is 11.8. The van der Waals surface area contributed by atoms with E-state index in [2.05, 4.69) is 16.6 Å². The van der Waals surface area contributed by atoms with E-state index in [1.54, 1.807) is 6.92 Å². The first-order valence-corrected chi connectivity index (χ1v) is 7.05. The monoisotopic (exact) mass is 291 g/mol. The molecule has 3 nitrogen and oxygen atoms in total. The molecule has 6 heteroatoms. The number of nitrogens with one attached hydrogen (secondary N) is 1. The average molecular weight is 292 g/mol. The molecule has 1 N–H and O–H groups in total. The van der Waals surface area contributed by atoms with Gasteiger partial charge in [0.05, 0.1) is 14.9 Å². The summed E-state index contributed by atoms with van der Waals surface area (Å²) >= 11 is 11.5. The third-order valence-corrected chi connectivity index (χ3v) is 4.12. The molecular formula is C11H11Cl2NO2S. The van der Waals surface area contributed by atoms with E-state index in [0.29, 0.717) is 11.4 Å². The molecule has 0 aromatic heterocycles. The van der Waals surface area contributed by atoms with Crippen LogP contribution in [0.2, 0.25) is 10.0 Å². The van der Waals surface area contributed by atoms with Crippen molar-refractivity contribution >= 4 is 33.2 Å². The van der Waals surface area contributed by atoms with Gasteiger partial charge in [0.15, 0.2) is 0 Å². The number of sulfonamides is 1. The summed E-state index contributed by atoms with van der Waals surface area (Å²) < 4.78 is 26.0. The first-order chi connectivity index (χ1) is 7.97. The van der Waals surface area contributed by atoms with Crippen molar-refractivity contribution in [3.05, 3.63) is 28.2 Å². The minimum atomic E-state index is -3.54. The highest BCUT2D eigenvalue weighted by Gasteiger charge is 2.14. The zero-order valence-corrected chi connectivity index (χ0v) is 11.5. The highest BCUT2D eigenvalue weighted by Crippen LogP contribution is 2.24. The van der Waals surface area contributed by atoms with Crippen molar-refractivity contribution in [3.8, 4) is 11.8 Å². The molecule has 0 saturated carbocycles. The van der Waals surface area contributed by atoms with Crippen LogP contribution in [0.5, 0.6) is 0 Å². The van der Waals surface area contributed by atoms with Crippen molar-refractivity contribution in [2.45, 2.75) is 18.2 Å². The molecule has 17 heavy (non-hydrogen) atoms. The second-order valence-electron chi connectivity index (χ2n) is 3.15. The average Bonchev–Trinajstić information content (AvgIpc) is 2.28. The van der Waals surface area contributed by atoms with Crippen molar-refractivity contribution in [1.29, 1.82) is 0 Å². The van der Waals surface area contributed by atoms with Crippen LogP contribution >= 0.6 is 23.2 Å². The molecule has 0 fully saturated rings. The lowest BCUT2D eigenvalue weighted by molar-refractivity contribution is 0.582. The predicted octanol–water partition coefficient (Wildman–Crippen LogP) is 2.69.